The van der Waals surface area contributed by atoms with Gasteiger partial charge in [0.25, 0.3) is 0 Å². The third kappa shape index (κ3) is 2.80. The molecule has 4 nitrogen and oxygen atoms in total. The molecular formula is C22H20N2O2. The zero-order valence-corrected chi connectivity index (χ0v) is 14.8. The molecule has 0 spiro atoms. The molecule has 1 N–H and O–H groups in total. The third-order valence-electron chi connectivity index (χ3n) is 4.71. The SMILES string of the molecule is COc1ccc2c(C3C=C(c4ccccc4)NN3C(C)=O)cccc2c1. The summed E-state index contributed by atoms with van der Waals surface area (Å²) in [5.74, 6) is 0.797. The molecule has 3 aromatic carbocycles. The summed E-state index contributed by atoms with van der Waals surface area (Å²) < 4.78 is 5.33. The van der Waals surface area contributed by atoms with Gasteiger partial charge >= 0.3 is 0 Å². The van der Waals surface area contributed by atoms with Gasteiger partial charge in [0.2, 0.25) is 5.91 Å². The summed E-state index contributed by atoms with van der Waals surface area (Å²) in [6.45, 7) is 1.58. The average Bonchev–Trinajstić information content (AvgIpc) is 3.13. The lowest BCUT2D eigenvalue weighted by atomic mass is 9.97. The largest absolute Gasteiger partial charge is 0.497 e. The van der Waals surface area contributed by atoms with E-state index in [-0.39, 0.29) is 11.9 Å². The number of hydrazine groups is 1. The number of hydrogen-bond donors (Lipinski definition) is 1. The minimum absolute atomic E-state index is 0.0253. The summed E-state index contributed by atoms with van der Waals surface area (Å²) in [7, 11) is 1.66. The summed E-state index contributed by atoms with van der Waals surface area (Å²) in [5, 5.41) is 3.88. The van der Waals surface area contributed by atoms with Crippen LogP contribution in [-0.2, 0) is 4.79 Å². The Hall–Kier alpha value is -3.27. The van der Waals surface area contributed by atoms with E-state index in [9.17, 15) is 4.79 Å². The Kier molecular flexibility index (Phi) is 4.09. The van der Waals surface area contributed by atoms with E-state index in [4.69, 9.17) is 4.74 Å². The van der Waals surface area contributed by atoms with Gasteiger partial charge in [0.05, 0.1) is 18.8 Å². The number of nitrogens with one attached hydrogen (secondary N) is 1. The molecule has 1 heterocycles. The monoisotopic (exact) mass is 344 g/mol. The Morgan fingerprint density at radius 3 is 2.58 bits per heavy atom. The third-order valence-corrected chi connectivity index (χ3v) is 4.71. The normalized spacial score (nSPS) is 16.3. The second kappa shape index (κ2) is 6.56. The van der Waals surface area contributed by atoms with Gasteiger partial charge in [0, 0.05) is 6.92 Å². The van der Waals surface area contributed by atoms with Gasteiger partial charge in [-0.25, -0.2) is 5.01 Å². The van der Waals surface area contributed by atoms with Crippen LogP contribution in [0.15, 0.2) is 72.8 Å². The number of ether oxygens (including phenoxy) is 1. The number of methoxy groups -OCH3 is 1. The highest BCUT2D eigenvalue weighted by Gasteiger charge is 2.29. The highest BCUT2D eigenvalue weighted by atomic mass is 16.5. The molecule has 130 valence electrons. The first kappa shape index (κ1) is 16.2. The fraction of sp³-hybridized carbons (Fsp3) is 0.136. The van der Waals surface area contributed by atoms with Crippen LogP contribution < -0.4 is 10.2 Å². The van der Waals surface area contributed by atoms with Crippen LogP contribution in [-0.4, -0.2) is 18.0 Å². The molecule has 1 atom stereocenters. The van der Waals surface area contributed by atoms with Crippen molar-refractivity contribution >= 4 is 22.4 Å². The number of amides is 1. The van der Waals surface area contributed by atoms with E-state index >= 15 is 0 Å². The topological polar surface area (TPSA) is 41.6 Å². The number of hydrogen-bond acceptors (Lipinski definition) is 3. The summed E-state index contributed by atoms with van der Waals surface area (Å²) in [6, 6.07) is 22.0. The number of fused-ring (bicyclic) bond motifs is 1. The molecule has 0 aliphatic carbocycles. The fourth-order valence-electron chi connectivity index (χ4n) is 3.42. The van der Waals surface area contributed by atoms with Gasteiger partial charge in [-0.3, -0.25) is 10.2 Å². The molecule has 4 heteroatoms. The molecule has 1 amide bonds. The van der Waals surface area contributed by atoms with Crippen LogP contribution in [0.1, 0.15) is 24.1 Å². The van der Waals surface area contributed by atoms with Crippen LogP contribution >= 0.6 is 0 Å². The number of carbonyl (C=O) groups is 1. The van der Waals surface area contributed by atoms with E-state index in [2.05, 4.69) is 29.7 Å². The first-order valence-corrected chi connectivity index (χ1v) is 8.58. The number of benzene rings is 3. The maximum absolute atomic E-state index is 12.3. The van der Waals surface area contributed by atoms with Crippen molar-refractivity contribution in [3.63, 3.8) is 0 Å². The summed E-state index contributed by atoms with van der Waals surface area (Å²) >= 11 is 0. The Bertz CT molecular complexity index is 995. The molecular weight excluding hydrogens is 324 g/mol. The van der Waals surface area contributed by atoms with Crippen molar-refractivity contribution < 1.29 is 9.53 Å². The Morgan fingerprint density at radius 2 is 1.85 bits per heavy atom. The second-order valence-corrected chi connectivity index (χ2v) is 6.33. The summed E-state index contributed by atoms with van der Waals surface area (Å²) in [4.78, 5) is 12.3. The van der Waals surface area contributed by atoms with Crippen molar-refractivity contribution in [1.29, 1.82) is 0 Å². The second-order valence-electron chi connectivity index (χ2n) is 6.33. The number of carbonyl (C=O) groups excluding carboxylic acids is 1. The maximum atomic E-state index is 12.3. The van der Waals surface area contributed by atoms with Gasteiger partial charge < -0.3 is 4.74 Å². The first-order chi connectivity index (χ1) is 12.7. The van der Waals surface area contributed by atoms with E-state index < -0.39 is 0 Å². The van der Waals surface area contributed by atoms with Gasteiger partial charge in [0.1, 0.15) is 5.75 Å². The van der Waals surface area contributed by atoms with Crippen LogP contribution in [0.2, 0.25) is 0 Å². The standard InChI is InChI=1S/C22H20N2O2/c1-15(25)24-22(14-21(23-24)16-7-4-3-5-8-16)20-10-6-9-17-13-18(26-2)11-12-19(17)20/h3-14,22-23H,1-2H3. The first-order valence-electron chi connectivity index (χ1n) is 8.58. The number of nitrogens with zero attached hydrogens (tertiary/aromatic N) is 1. The van der Waals surface area contributed by atoms with Crippen LogP contribution in [0.5, 0.6) is 5.75 Å². The minimum atomic E-state index is -0.167. The lowest BCUT2D eigenvalue weighted by Gasteiger charge is -2.25. The Labute approximate surface area is 152 Å². The molecule has 3 aromatic rings. The quantitative estimate of drug-likeness (QED) is 0.770. The molecule has 0 fully saturated rings. The van der Waals surface area contributed by atoms with Crippen LogP contribution in [0.25, 0.3) is 16.5 Å². The predicted molar refractivity (Wildman–Crippen MR) is 103 cm³/mol. The van der Waals surface area contributed by atoms with E-state index in [1.165, 1.54) is 0 Å². The zero-order valence-electron chi connectivity index (χ0n) is 14.8. The highest BCUT2D eigenvalue weighted by Crippen LogP contribution is 2.35. The Morgan fingerprint density at radius 1 is 1.04 bits per heavy atom. The molecule has 26 heavy (non-hydrogen) atoms. The lowest BCUT2D eigenvalue weighted by molar-refractivity contribution is -0.132. The van der Waals surface area contributed by atoms with Gasteiger partial charge in [0.15, 0.2) is 0 Å². The van der Waals surface area contributed by atoms with Crippen LogP contribution in [0, 0.1) is 0 Å². The van der Waals surface area contributed by atoms with Gasteiger partial charge in [-0.1, -0.05) is 54.6 Å². The lowest BCUT2D eigenvalue weighted by Crippen LogP contribution is -2.37. The minimum Gasteiger partial charge on any atom is -0.497 e. The smallest absolute Gasteiger partial charge is 0.238 e. The summed E-state index contributed by atoms with van der Waals surface area (Å²) in [5.41, 5.74) is 6.34. The van der Waals surface area contributed by atoms with Crippen molar-refractivity contribution in [3.05, 3.63) is 83.9 Å². The molecule has 1 aliphatic rings. The predicted octanol–water partition coefficient (Wildman–Crippen LogP) is 4.30. The molecule has 0 bridgehead atoms. The van der Waals surface area contributed by atoms with Crippen molar-refractivity contribution in [2.75, 3.05) is 7.11 Å². The van der Waals surface area contributed by atoms with Crippen molar-refractivity contribution in [3.8, 4) is 5.75 Å². The van der Waals surface area contributed by atoms with Crippen molar-refractivity contribution in [1.82, 2.24) is 10.4 Å². The van der Waals surface area contributed by atoms with E-state index in [0.29, 0.717) is 0 Å². The van der Waals surface area contributed by atoms with Crippen molar-refractivity contribution in [2.24, 2.45) is 0 Å². The van der Waals surface area contributed by atoms with Crippen LogP contribution in [0.3, 0.4) is 0 Å². The Balaban J connectivity index is 1.83. The van der Waals surface area contributed by atoms with Gasteiger partial charge in [-0.2, -0.15) is 0 Å². The molecule has 4 rings (SSSR count). The molecule has 0 aromatic heterocycles. The molecule has 1 aliphatic heterocycles. The van der Waals surface area contributed by atoms with Crippen LogP contribution in [0.4, 0.5) is 0 Å². The van der Waals surface area contributed by atoms with Gasteiger partial charge in [-0.05, 0) is 40.1 Å². The number of rotatable bonds is 3. The summed E-state index contributed by atoms with van der Waals surface area (Å²) in [6.07, 6.45) is 2.11. The van der Waals surface area contributed by atoms with E-state index in [1.54, 1.807) is 19.0 Å². The zero-order chi connectivity index (χ0) is 18.1. The average molecular weight is 344 g/mol. The highest BCUT2D eigenvalue weighted by molar-refractivity contribution is 5.89. The molecule has 0 radical (unpaired) electrons. The van der Waals surface area contributed by atoms with Gasteiger partial charge in [-0.15, -0.1) is 0 Å². The fourth-order valence-corrected chi connectivity index (χ4v) is 3.42. The van der Waals surface area contributed by atoms with E-state index in [0.717, 1.165) is 33.3 Å². The van der Waals surface area contributed by atoms with Crippen molar-refractivity contribution in [2.45, 2.75) is 13.0 Å². The molecule has 0 saturated heterocycles. The molecule has 0 saturated carbocycles. The van der Waals surface area contributed by atoms with E-state index in [1.807, 2.05) is 48.5 Å². The maximum Gasteiger partial charge on any atom is 0.238 e. The molecule has 1 unspecified atom stereocenters.